The molecule has 2 nitrogen and oxygen atoms in total. The Morgan fingerprint density at radius 1 is 0.490 bits per heavy atom. The van der Waals surface area contributed by atoms with E-state index in [2.05, 4.69) is 149 Å². The first-order valence-electron chi connectivity index (χ1n) is 17.5. The van der Waals surface area contributed by atoms with Gasteiger partial charge in [-0.2, -0.15) is 0 Å². The van der Waals surface area contributed by atoms with Crippen molar-refractivity contribution in [3.05, 3.63) is 166 Å². The third-order valence-electron chi connectivity index (χ3n) is 10.3. The Kier molecular flexibility index (Phi) is 8.45. The molecule has 4 aromatic carbocycles. The van der Waals surface area contributed by atoms with Gasteiger partial charge in [0.15, 0.2) is 0 Å². The molecule has 3 heteroatoms. The van der Waals surface area contributed by atoms with Crippen LogP contribution in [0.4, 0.5) is 0 Å². The van der Waals surface area contributed by atoms with Gasteiger partial charge < -0.3 is 0 Å². The molecule has 0 spiro atoms. The molecule has 0 amide bonds. The van der Waals surface area contributed by atoms with Gasteiger partial charge in [0.05, 0.1) is 0 Å². The van der Waals surface area contributed by atoms with Crippen LogP contribution in [0.15, 0.2) is 118 Å². The monoisotopic (exact) mass is 716 g/mol. The maximum atomic E-state index is 6.39. The Bertz CT molecular complexity index is 2060. The van der Waals surface area contributed by atoms with Crippen LogP contribution in [0.25, 0.3) is 45.6 Å². The summed E-state index contributed by atoms with van der Waals surface area (Å²) in [5.41, 5.74) is 16.1. The van der Waals surface area contributed by atoms with Crippen LogP contribution in [0.5, 0.6) is 0 Å². The summed E-state index contributed by atoms with van der Waals surface area (Å²) in [7, 11) is 0. The van der Waals surface area contributed by atoms with Crippen LogP contribution in [0.3, 0.4) is 0 Å². The van der Waals surface area contributed by atoms with Crippen molar-refractivity contribution < 1.29 is 32.1 Å². The normalized spacial score (nSPS) is 16.6. The first kappa shape index (κ1) is 32.0. The van der Waals surface area contributed by atoms with Gasteiger partial charge in [0, 0.05) is 0 Å². The number of hydrogen-bond donors (Lipinski definition) is 0. The fourth-order valence-electron chi connectivity index (χ4n) is 7.54. The summed E-state index contributed by atoms with van der Waals surface area (Å²) in [6.45, 7) is 13.1. The summed E-state index contributed by atoms with van der Waals surface area (Å²) < 4.78 is 13.4. The maximum absolute atomic E-state index is 6.39. The Morgan fingerprint density at radius 3 is 1.24 bits per heavy atom. The number of rotatable bonds is 8. The topological polar surface area (TPSA) is 26.3 Å². The predicted octanol–water partition coefficient (Wildman–Crippen LogP) is 13.0. The second-order valence-electron chi connectivity index (χ2n) is 14.2. The molecule has 2 aliphatic rings. The molecule has 0 saturated heterocycles. The van der Waals surface area contributed by atoms with E-state index >= 15 is 0 Å². The zero-order valence-corrected chi connectivity index (χ0v) is 31.6. The molecule has 6 aromatic rings. The van der Waals surface area contributed by atoms with Crippen molar-refractivity contribution in [2.45, 2.75) is 60.6 Å². The van der Waals surface area contributed by atoms with Crippen molar-refractivity contribution in [2.24, 2.45) is 0 Å². The van der Waals surface area contributed by atoms with Gasteiger partial charge in [-0.1, -0.05) is 0 Å². The Morgan fingerprint density at radius 2 is 0.898 bits per heavy atom. The van der Waals surface area contributed by atoms with Crippen LogP contribution in [-0.2, 0) is 23.2 Å². The van der Waals surface area contributed by atoms with Crippen molar-refractivity contribution >= 4 is 23.3 Å². The Hall–Kier alpha value is -4.20. The average Bonchev–Trinajstić information content (AvgIpc) is 3.90. The molecule has 2 unspecified atom stereocenters. The van der Waals surface area contributed by atoms with Gasteiger partial charge >= 0.3 is 304 Å². The Balaban J connectivity index is 1.25. The van der Waals surface area contributed by atoms with Crippen molar-refractivity contribution in [3.8, 4) is 22.3 Å². The molecule has 0 bridgehead atoms. The summed E-state index contributed by atoms with van der Waals surface area (Å²) in [4.78, 5) is 0. The SMILES string of the molecule is Cc1ccc(C2=Cc3c(-c4ccc(C(C)C)cc4)cccc3[CH]2[Zr][CH]2C(c3ccc(C)o3)=Cc3c(-c4ccc(C(C)C)cc4)cccc32)o1. The van der Waals surface area contributed by atoms with Gasteiger partial charge in [-0.3, -0.25) is 0 Å². The van der Waals surface area contributed by atoms with E-state index in [9.17, 15) is 0 Å². The van der Waals surface area contributed by atoms with Crippen LogP contribution in [-0.4, -0.2) is 0 Å². The molecule has 2 aliphatic carbocycles. The van der Waals surface area contributed by atoms with E-state index in [0.29, 0.717) is 19.1 Å². The summed E-state index contributed by atoms with van der Waals surface area (Å²) in [6.07, 6.45) is 4.88. The third-order valence-corrected chi connectivity index (χ3v) is 15.0. The molecule has 2 atom stereocenters. The third kappa shape index (κ3) is 5.91. The zero-order valence-electron chi connectivity index (χ0n) is 29.2. The second kappa shape index (κ2) is 12.9. The van der Waals surface area contributed by atoms with E-state index in [-0.39, 0.29) is 0 Å². The van der Waals surface area contributed by atoms with Crippen molar-refractivity contribution in [1.82, 2.24) is 0 Å². The van der Waals surface area contributed by atoms with E-state index in [1.807, 2.05) is 13.8 Å². The van der Waals surface area contributed by atoms with Crippen LogP contribution in [0, 0.1) is 13.8 Å². The van der Waals surface area contributed by atoms with Gasteiger partial charge in [-0.15, -0.1) is 0 Å². The quantitative estimate of drug-likeness (QED) is 0.157. The van der Waals surface area contributed by atoms with Gasteiger partial charge in [0.2, 0.25) is 0 Å². The number of allylic oxidation sites excluding steroid dienone is 2. The van der Waals surface area contributed by atoms with Gasteiger partial charge in [0.25, 0.3) is 0 Å². The van der Waals surface area contributed by atoms with Crippen LogP contribution >= 0.6 is 0 Å². The van der Waals surface area contributed by atoms with E-state index in [4.69, 9.17) is 8.83 Å². The molecule has 0 saturated carbocycles. The standard InChI is InChI=1S/2C23H21O.Zr/c2*1-15(2)17-8-10-18(11-9-17)21-6-4-5-19-13-20(14-22(19)21)23-12-7-16(3)24-23;/h2*4-15H,1-3H3;. The van der Waals surface area contributed by atoms with E-state index in [1.165, 1.54) is 66.8 Å². The van der Waals surface area contributed by atoms with Gasteiger partial charge in [-0.25, -0.2) is 0 Å². The summed E-state index contributed by atoms with van der Waals surface area (Å²) in [5, 5.41) is 0. The summed E-state index contributed by atoms with van der Waals surface area (Å²) >= 11 is -1.30. The molecule has 0 radical (unpaired) electrons. The molecule has 0 N–H and O–H groups in total. The van der Waals surface area contributed by atoms with E-state index in [1.54, 1.807) is 0 Å². The number of furan rings is 2. The van der Waals surface area contributed by atoms with Crippen LogP contribution < -0.4 is 0 Å². The van der Waals surface area contributed by atoms with E-state index < -0.39 is 23.2 Å². The molecule has 242 valence electrons. The number of aryl methyl sites for hydroxylation is 2. The first-order chi connectivity index (χ1) is 23.7. The molecule has 8 rings (SSSR count). The van der Waals surface area contributed by atoms with E-state index in [0.717, 1.165) is 23.0 Å². The first-order valence-corrected chi connectivity index (χ1v) is 20.4. The van der Waals surface area contributed by atoms with Crippen molar-refractivity contribution in [1.29, 1.82) is 0 Å². The Labute approximate surface area is 302 Å². The fraction of sp³-hybridized carbons (Fsp3) is 0.217. The van der Waals surface area contributed by atoms with Crippen LogP contribution in [0.2, 0.25) is 0 Å². The zero-order chi connectivity index (χ0) is 33.8. The molecule has 2 aromatic heterocycles. The van der Waals surface area contributed by atoms with Crippen molar-refractivity contribution in [2.75, 3.05) is 0 Å². The van der Waals surface area contributed by atoms with Gasteiger partial charge in [0.1, 0.15) is 0 Å². The number of fused-ring (bicyclic) bond motifs is 2. The summed E-state index contributed by atoms with van der Waals surface area (Å²) in [6, 6.07) is 40.7. The number of benzene rings is 4. The molecule has 2 heterocycles. The fourth-order valence-corrected chi connectivity index (χ4v) is 12.5. The minimum absolute atomic E-state index is 0.323. The van der Waals surface area contributed by atoms with Gasteiger partial charge in [-0.05, 0) is 0 Å². The summed E-state index contributed by atoms with van der Waals surface area (Å²) in [5.74, 6) is 4.92. The second-order valence-corrected chi connectivity index (χ2v) is 17.9. The molecular formula is C46H42O2Zr. The average molecular weight is 718 g/mol. The predicted molar refractivity (Wildman–Crippen MR) is 200 cm³/mol. The molecule has 49 heavy (non-hydrogen) atoms. The molecule has 0 fully saturated rings. The van der Waals surface area contributed by atoms with Crippen LogP contribution in [0.1, 0.15) is 103 Å². The van der Waals surface area contributed by atoms with Crippen molar-refractivity contribution in [3.63, 3.8) is 0 Å². The number of hydrogen-bond acceptors (Lipinski definition) is 2. The molecule has 0 aliphatic heterocycles. The minimum atomic E-state index is -1.30. The molecular weight excluding hydrogens is 676 g/mol.